The molecule has 0 aliphatic carbocycles. The van der Waals surface area contributed by atoms with Crippen molar-refractivity contribution in [2.24, 2.45) is 5.92 Å². The van der Waals surface area contributed by atoms with E-state index in [2.05, 4.69) is 19.2 Å². The first-order chi connectivity index (χ1) is 6.99. The molecule has 1 N–H and O–H groups in total. The number of nitrogens with one attached hydrogen (secondary N) is 1. The number of alkyl halides is 2. The Morgan fingerprint density at radius 2 is 2.07 bits per heavy atom. The Morgan fingerprint density at radius 3 is 2.60 bits per heavy atom. The zero-order chi connectivity index (χ0) is 11.4. The second kappa shape index (κ2) is 5.75. The third-order valence-corrected chi connectivity index (χ3v) is 2.84. The maximum Gasteiger partial charge on any atom is 0.251 e. The van der Waals surface area contributed by atoms with Crippen LogP contribution >= 0.6 is 0 Å². The van der Waals surface area contributed by atoms with Crippen molar-refractivity contribution in [1.82, 2.24) is 10.2 Å². The summed E-state index contributed by atoms with van der Waals surface area (Å²) in [6.45, 7) is 7.82. The van der Waals surface area contributed by atoms with Crippen molar-refractivity contribution in [3.8, 4) is 0 Å². The van der Waals surface area contributed by atoms with E-state index in [0.29, 0.717) is 12.0 Å². The summed E-state index contributed by atoms with van der Waals surface area (Å²) in [5.41, 5.74) is 0. The molecule has 0 spiro atoms. The zero-order valence-electron chi connectivity index (χ0n) is 9.84. The molecule has 2 atom stereocenters. The third kappa shape index (κ3) is 4.43. The highest BCUT2D eigenvalue weighted by atomic mass is 19.3. The quantitative estimate of drug-likeness (QED) is 0.779. The van der Waals surface area contributed by atoms with E-state index in [-0.39, 0.29) is 12.6 Å². The number of hydrogen-bond acceptors (Lipinski definition) is 2. The van der Waals surface area contributed by atoms with Crippen molar-refractivity contribution >= 4 is 0 Å². The van der Waals surface area contributed by atoms with E-state index in [9.17, 15) is 8.78 Å². The van der Waals surface area contributed by atoms with Crippen LogP contribution in [0, 0.1) is 5.92 Å². The minimum Gasteiger partial charge on any atom is -0.311 e. The van der Waals surface area contributed by atoms with Gasteiger partial charge in [-0.15, -0.1) is 0 Å². The Kier molecular flexibility index (Phi) is 4.93. The lowest BCUT2D eigenvalue weighted by molar-refractivity contribution is 0.0388. The van der Waals surface area contributed by atoms with Gasteiger partial charge in [-0.25, -0.2) is 8.78 Å². The van der Waals surface area contributed by atoms with Gasteiger partial charge in [0.2, 0.25) is 0 Å². The molecule has 15 heavy (non-hydrogen) atoms. The second-order valence-corrected chi connectivity index (χ2v) is 4.94. The molecule has 0 saturated carbocycles. The van der Waals surface area contributed by atoms with Crippen molar-refractivity contribution in [2.75, 3.05) is 19.6 Å². The summed E-state index contributed by atoms with van der Waals surface area (Å²) in [6, 6.07) is 0.599. The minimum atomic E-state index is -2.22. The van der Waals surface area contributed by atoms with Gasteiger partial charge in [-0.1, -0.05) is 13.8 Å². The van der Waals surface area contributed by atoms with E-state index < -0.39 is 6.43 Å². The van der Waals surface area contributed by atoms with Gasteiger partial charge in [0.05, 0.1) is 6.54 Å². The van der Waals surface area contributed by atoms with Crippen molar-refractivity contribution in [3.05, 3.63) is 0 Å². The molecule has 4 heteroatoms. The van der Waals surface area contributed by atoms with Crippen LogP contribution in [-0.4, -0.2) is 43.0 Å². The maximum absolute atomic E-state index is 12.4. The summed E-state index contributed by atoms with van der Waals surface area (Å²) in [7, 11) is 0. The smallest absolute Gasteiger partial charge is 0.251 e. The van der Waals surface area contributed by atoms with Gasteiger partial charge in [-0.05, 0) is 19.3 Å². The van der Waals surface area contributed by atoms with Gasteiger partial charge < -0.3 is 5.32 Å². The van der Waals surface area contributed by atoms with Gasteiger partial charge in [0.1, 0.15) is 0 Å². The molecular weight excluding hydrogens is 198 g/mol. The van der Waals surface area contributed by atoms with Gasteiger partial charge in [-0.2, -0.15) is 0 Å². The summed E-state index contributed by atoms with van der Waals surface area (Å²) in [4.78, 5) is 1.94. The van der Waals surface area contributed by atoms with Gasteiger partial charge in [0.25, 0.3) is 6.43 Å². The van der Waals surface area contributed by atoms with Crippen LogP contribution in [-0.2, 0) is 0 Å². The molecular formula is C11H22F2N2. The minimum absolute atomic E-state index is 0.0800. The lowest BCUT2D eigenvalue weighted by Crippen LogP contribution is -2.56. The SMILES string of the molecule is CC(C)CC1CNC(C)CN1CC(F)F. The molecule has 2 nitrogen and oxygen atoms in total. The highest BCUT2D eigenvalue weighted by molar-refractivity contribution is 4.84. The van der Waals surface area contributed by atoms with Gasteiger partial charge in [0.15, 0.2) is 0 Å². The van der Waals surface area contributed by atoms with Gasteiger partial charge >= 0.3 is 0 Å². The number of nitrogens with zero attached hydrogens (tertiary/aromatic N) is 1. The van der Waals surface area contributed by atoms with E-state index in [1.165, 1.54) is 0 Å². The average Bonchev–Trinajstić information content (AvgIpc) is 2.08. The zero-order valence-corrected chi connectivity index (χ0v) is 9.84. The lowest BCUT2D eigenvalue weighted by Gasteiger charge is -2.40. The number of hydrogen-bond donors (Lipinski definition) is 1. The Bertz CT molecular complexity index is 183. The second-order valence-electron chi connectivity index (χ2n) is 4.94. The predicted octanol–water partition coefficient (Wildman–Crippen LogP) is 1.96. The molecule has 0 aromatic carbocycles. The fourth-order valence-corrected chi connectivity index (χ4v) is 2.21. The van der Waals surface area contributed by atoms with Crippen LogP contribution in [0.2, 0.25) is 0 Å². The van der Waals surface area contributed by atoms with Crippen LogP contribution in [0.5, 0.6) is 0 Å². The van der Waals surface area contributed by atoms with E-state index in [0.717, 1.165) is 19.5 Å². The summed E-state index contributed by atoms with van der Waals surface area (Å²) in [5.74, 6) is 0.561. The molecule has 0 aromatic heterocycles. The molecule has 2 unspecified atom stereocenters. The normalized spacial score (nSPS) is 29.0. The largest absolute Gasteiger partial charge is 0.311 e. The molecule has 0 bridgehead atoms. The molecule has 0 aromatic rings. The third-order valence-electron chi connectivity index (χ3n) is 2.84. The molecule has 1 aliphatic heterocycles. The summed E-state index contributed by atoms with van der Waals surface area (Å²) in [5, 5.41) is 3.35. The first-order valence-corrected chi connectivity index (χ1v) is 5.74. The van der Waals surface area contributed by atoms with Crippen molar-refractivity contribution in [1.29, 1.82) is 0 Å². The lowest BCUT2D eigenvalue weighted by atomic mass is 9.99. The molecule has 0 radical (unpaired) electrons. The van der Waals surface area contributed by atoms with E-state index >= 15 is 0 Å². The Morgan fingerprint density at radius 1 is 1.40 bits per heavy atom. The first-order valence-electron chi connectivity index (χ1n) is 5.74. The summed E-state index contributed by atoms with van der Waals surface area (Å²) < 4.78 is 24.8. The van der Waals surface area contributed by atoms with E-state index in [1.807, 2.05) is 11.8 Å². The fourth-order valence-electron chi connectivity index (χ4n) is 2.21. The molecule has 0 amide bonds. The van der Waals surface area contributed by atoms with Gasteiger partial charge in [0, 0.05) is 25.2 Å². The van der Waals surface area contributed by atoms with Crippen LogP contribution < -0.4 is 5.32 Å². The Hall–Kier alpha value is -0.220. The monoisotopic (exact) mass is 220 g/mol. The van der Waals surface area contributed by atoms with Crippen molar-refractivity contribution in [3.63, 3.8) is 0 Å². The molecule has 1 aliphatic rings. The molecule has 90 valence electrons. The number of halogens is 2. The average molecular weight is 220 g/mol. The maximum atomic E-state index is 12.4. The summed E-state index contributed by atoms with van der Waals surface area (Å²) in [6.07, 6.45) is -1.23. The Balaban J connectivity index is 2.50. The molecule has 1 saturated heterocycles. The molecule has 1 heterocycles. The van der Waals surface area contributed by atoms with Crippen LogP contribution in [0.1, 0.15) is 27.2 Å². The number of piperazine rings is 1. The molecule has 1 fully saturated rings. The van der Waals surface area contributed by atoms with Crippen molar-refractivity contribution < 1.29 is 8.78 Å². The van der Waals surface area contributed by atoms with Gasteiger partial charge in [-0.3, -0.25) is 4.90 Å². The highest BCUT2D eigenvalue weighted by Gasteiger charge is 2.27. The van der Waals surface area contributed by atoms with Crippen LogP contribution in [0.15, 0.2) is 0 Å². The van der Waals surface area contributed by atoms with E-state index in [4.69, 9.17) is 0 Å². The fraction of sp³-hybridized carbons (Fsp3) is 1.00. The highest BCUT2D eigenvalue weighted by Crippen LogP contribution is 2.16. The number of rotatable bonds is 4. The van der Waals surface area contributed by atoms with E-state index in [1.54, 1.807) is 0 Å². The summed E-state index contributed by atoms with van der Waals surface area (Å²) >= 11 is 0. The standard InChI is InChI=1S/C11H22F2N2/c1-8(2)4-10-5-14-9(3)6-15(10)7-11(12)13/h8-11,14H,4-7H2,1-3H3. The predicted molar refractivity (Wildman–Crippen MR) is 58.3 cm³/mol. The van der Waals surface area contributed by atoms with Crippen LogP contribution in [0.4, 0.5) is 8.78 Å². The molecule has 1 rings (SSSR count). The first kappa shape index (κ1) is 12.8. The Labute approximate surface area is 91.0 Å². The van der Waals surface area contributed by atoms with Crippen molar-refractivity contribution in [2.45, 2.75) is 45.7 Å². The van der Waals surface area contributed by atoms with Crippen LogP contribution in [0.25, 0.3) is 0 Å². The topological polar surface area (TPSA) is 15.3 Å². The van der Waals surface area contributed by atoms with Crippen LogP contribution in [0.3, 0.4) is 0 Å².